The first kappa shape index (κ1) is 18.5. The summed E-state index contributed by atoms with van der Waals surface area (Å²) in [6, 6.07) is 3.78. The molecule has 2 rings (SSSR count). The van der Waals surface area contributed by atoms with Gasteiger partial charge in [0.2, 0.25) is 0 Å². The monoisotopic (exact) mass is 326 g/mol. The van der Waals surface area contributed by atoms with Crippen molar-refractivity contribution in [1.29, 1.82) is 0 Å². The van der Waals surface area contributed by atoms with E-state index in [0.29, 0.717) is 30.0 Å². The Bertz CT molecular complexity index is 347. The molecule has 0 spiro atoms. The lowest BCUT2D eigenvalue weighted by molar-refractivity contribution is -0.0251. The zero-order chi connectivity index (χ0) is 16.4. The van der Waals surface area contributed by atoms with Crippen molar-refractivity contribution in [3.63, 3.8) is 0 Å². The van der Waals surface area contributed by atoms with Crippen molar-refractivity contribution in [2.24, 2.45) is 23.2 Å². The average Bonchev–Trinajstić information content (AvgIpc) is 2.90. The molecule has 2 aliphatic rings. The normalized spacial score (nSPS) is 37.1. The molecule has 2 saturated carbocycles. The van der Waals surface area contributed by atoms with Crippen LogP contribution in [0.3, 0.4) is 0 Å². The molecule has 0 aliphatic heterocycles. The lowest BCUT2D eigenvalue weighted by atomic mass is 9.62. The fourth-order valence-corrected chi connectivity index (χ4v) is 8.61. The van der Waals surface area contributed by atoms with Crippen LogP contribution in [0, 0.1) is 23.2 Å². The predicted molar refractivity (Wildman–Crippen MR) is 96.5 cm³/mol. The number of aliphatic hydroxyl groups is 1. The summed E-state index contributed by atoms with van der Waals surface area (Å²) in [5, 5.41) is 9.64. The van der Waals surface area contributed by atoms with Gasteiger partial charge < -0.3 is 9.53 Å². The molecule has 0 saturated heterocycles. The molecule has 0 aromatic heterocycles. The second kappa shape index (κ2) is 7.35. The standard InChI is InChI=1S/C19H38O2Si/c1-6-22(7-2,8-3)21-18-10-9-13-19(5)16(15(4)14-20)11-12-17(18)19/h15-18,20H,6-14H2,1-5H3/t15-,16?,17?,18-,19+/m0/s1. The van der Waals surface area contributed by atoms with Crippen LogP contribution in [0.25, 0.3) is 0 Å². The molecule has 0 aromatic carbocycles. The van der Waals surface area contributed by atoms with E-state index in [0.717, 1.165) is 5.92 Å². The van der Waals surface area contributed by atoms with Crippen molar-refractivity contribution in [3.8, 4) is 0 Å². The molecular weight excluding hydrogens is 288 g/mol. The van der Waals surface area contributed by atoms with Gasteiger partial charge in [-0.3, -0.25) is 0 Å². The van der Waals surface area contributed by atoms with Crippen LogP contribution in [0.2, 0.25) is 18.1 Å². The van der Waals surface area contributed by atoms with Crippen molar-refractivity contribution in [1.82, 2.24) is 0 Å². The maximum absolute atomic E-state index is 9.64. The van der Waals surface area contributed by atoms with E-state index in [2.05, 4.69) is 34.6 Å². The quantitative estimate of drug-likeness (QED) is 0.650. The first-order chi connectivity index (χ1) is 10.5. The molecule has 5 atom stereocenters. The molecule has 2 aliphatic carbocycles. The predicted octanol–water partition coefficient (Wildman–Crippen LogP) is 5.22. The zero-order valence-electron chi connectivity index (χ0n) is 15.5. The SMILES string of the molecule is CC[Si](CC)(CC)O[C@H]1CCC[C@@]2(C)C1CCC2[C@@H](C)CO. The molecular formula is C19H38O2Si. The van der Waals surface area contributed by atoms with E-state index in [9.17, 15) is 5.11 Å². The minimum absolute atomic E-state index is 0.343. The van der Waals surface area contributed by atoms with Crippen LogP contribution in [0.15, 0.2) is 0 Å². The smallest absolute Gasteiger partial charge is 0.192 e. The summed E-state index contributed by atoms with van der Waals surface area (Å²) >= 11 is 0. The number of fused-ring (bicyclic) bond motifs is 1. The number of aliphatic hydroxyl groups excluding tert-OH is 1. The number of hydrogen-bond acceptors (Lipinski definition) is 2. The van der Waals surface area contributed by atoms with E-state index in [1.807, 2.05) is 0 Å². The van der Waals surface area contributed by atoms with Gasteiger partial charge in [-0.2, -0.15) is 0 Å². The number of rotatable bonds is 7. The van der Waals surface area contributed by atoms with E-state index in [1.165, 1.54) is 50.2 Å². The minimum atomic E-state index is -1.50. The Hall–Kier alpha value is 0.137. The van der Waals surface area contributed by atoms with E-state index >= 15 is 0 Å². The van der Waals surface area contributed by atoms with Gasteiger partial charge in [0.25, 0.3) is 0 Å². The van der Waals surface area contributed by atoms with Crippen molar-refractivity contribution < 1.29 is 9.53 Å². The van der Waals surface area contributed by atoms with Crippen LogP contribution in [0.5, 0.6) is 0 Å². The Balaban J connectivity index is 2.16. The summed E-state index contributed by atoms with van der Waals surface area (Å²) < 4.78 is 6.94. The van der Waals surface area contributed by atoms with Gasteiger partial charge in [0.15, 0.2) is 8.32 Å². The van der Waals surface area contributed by atoms with Crippen LogP contribution in [0.4, 0.5) is 0 Å². The first-order valence-electron chi connectivity index (χ1n) is 9.75. The van der Waals surface area contributed by atoms with E-state index in [1.54, 1.807) is 0 Å². The molecule has 0 bridgehead atoms. The fourth-order valence-electron chi connectivity index (χ4n) is 5.68. The van der Waals surface area contributed by atoms with E-state index < -0.39 is 8.32 Å². The Morgan fingerprint density at radius 1 is 1.14 bits per heavy atom. The van der Waals surface area contributed by atoms with Crippen LogP contribution in [0.1, 0.15) is 66.7 Å². The second-order valence-corrected chi connectivity index (χ2v) is 13.0. The van der Waals surface area contributed by atoms with Crippen LogP contribution >= 0.6 is 0 Å². The highest BCUT2D eigenvalue weighted by Crippen LogP contribution is 2.58. The molecule has 0 radical (unpaired) electrons. The third kappa shape index (κ3) is 3.18. The zero-order valence-corrected chi connectivity index (χ0v) is 16.5. The number of hydrogen-bond donors (Lipinski definition) is 1. The summed E-state index contributed by atoms with van der Waals surface area (Å²) in [6.07, 6.45) is 7.04. The van der Waals surface area contributed by atoms with Crippen molar-refractivity contribution in [2.75, 3.05) is 6.61 Å². The van der Waals surface area contributed by atoms with Crippen molar-refractivity contribution in [2.45, 2.75) is 91.0 Å². The molecule has 3 heteroatoms. The lowest BCUT2D eigenvalue weighted by Gasteiger charge is -2.48. The summed E-state index contributed by atoms with van der Waals surface area (Å²) in [5.41, 5.74) is 0.403. The maximum atomic E-state index is 9.64. The third-order valence-electron chi connectivity index (χ3n) is 7.44. The van der Waals surface area contributed by atoms with E-state index in [-0.39, 0.29) is 0 Å². The van der Waals surface area contributed by atoms with Gasteiger partial charge >= 0.3 is 0 Å². The van der Waals surface area contributed by atoms with Gasteiger partial charge in [-0.05, 0) is 67.0 Å². The van der Waals surface area contributed by atoms with Crippen LogP contribution < -0.4 is 0 Å². The second-order valence-electron chi connectivity index (χ2n) is 8.25. The molecule has 1 N–H and O–H groups in total. The molecule has 2 unspecified atom stereocenters. The topological polar surface area (TPSA) is 29.5 Å². The molecule has 0 amide bonds. The summed E-state index contributed by atoms with van der Waals surface area (Å²) in [7, 11) is -1.50. The molecule has 130 valence electrons. The minimum Gasteiger partial charge on any atom is -0.414 e. The highest BCUT2D eigenvalue weighted by molar-refractivity contribution is 6.73. The highest BCUT2D eigenvalue weighted by Gasteiger charge is 2.53. The Morgan fingerprint density at radius 3 is 2.32 bits per heavy atom. The Kier molecular flexibility index (Phi) is 6.18. The molecule has 0 heterocycles. The summed E-state index contributed by atoms with van der Waals surface area (Å²) in [5.74, 6) is 1.87. The molecule has 0 aromatic rings. The van der Waals surface area contributed by atoms with Gasteiger partial charge in [-0.15, -0.1) is 0 Å². The van der Waals surface area contributed by atoms with Gasteiger partial charge in [0, 0.05) is 12.7 Å². The summed E-state index contributed by atoms with van der Waals surface area (Å²) in [6.45, 7) is 12.1. The Morgan fingerprint density at radius 2 is 1.77 bits per heavy atom. The molecule has 2 nitrogen and oxygen atoms in total. The molecule has 22 heavy (non-hydrogen) atoms. The van der Waals surface area contributed by atoms with Gasteiger partial charge in [-0.25, -0.2) is 0 Å². The average molecular weight is 327 g/mol. The summed E-state index contributed by atoms with van der Waals surface area (Å²) in [4.78, 5) is 0. The highest BCUT2D eigenvalue weighted by atomic mass is 28.4. The Labute approximate surface area is 139 Å². The van der Waals surface area contributed by atoms with E-state index in [4.69, 9.17) is 4.43 Å². The first-order valence-corrected chi connectivity index (χ1v) is 12.3. The van der Waals surface area contributed by atoms with Gasteiger partial charge in [0.1, 0.15) is 0 Å². The maximum Gasteiger partial charge on any atom is 0.192 e. The van der Waals surface area contributed by atoms with Gasteiger partial charge in [-0.1, -0.05) is 41.0 Å². The third-order valence-corrected chi connectivity index (χ3v) is 12.1. The van der Waals surface area contributed by atoms with Crippen LogP contribution in [-0.2, 0) is 4.43 Å². The largest absolute Gasteiger partial charge is 0.414 e. The lowest BCUT2D eigenvalue weighted by Crippen LogP contribution is -2.48. The van der Waals surface area contributed by atoms with Crippen molar-refractivity contribution >= 4 is 8.32 Å². The van der Waals surface area contributed by atoms with Crippen LogP contribution in [-0.4, -0.2) is 26.1 Å². The van der Waals surface area contributed by atoms with Gasteiger partial charge in [0.05, 0.1) is 0 Å². The fraction of sp³-hybridized carbons (Fsp3) is 1.00. The molecule has 2 fully saturated rings. The van der Waals surface area contributed by atoms with Crippen molar-refractivity contribution in [3.05, 3.63) is 0 Å².